The lowest BCUT2D eigenvalue weighted by molar-refractivity contribution is 0.408. The van der Waals surface area contributed by atoms with E-state index in [1.807, 2.05) is 6.08 Å². The summed E-state index contributed by atoms with van der Waals surface area (Å²) in [5.41, 5.74) is 2.27. The molecule has 3 N–H and O–H groups in total. The number of piperidine rings is 1. The van der Waals surface area contributed by atoms with Gasteiger partial charge in [-0.05, 0) is 83.2 Å². The first-order chi connectivity index (χ1) is 14.0. The lowest BCUT2D eigenvalue weighted by Crippen LogP contribution is -2.59. The highest BCUT2D eigenvalue weighted by Crippen LogP contribution is 2.27. The van der Waals surface area contributed by atoms with Crippen LogP contribution < -0.4 is 16.0 Å². The van der Waals surface area contributed by atoms with Crippen LogP contribution in [-0.4, -0.2) is 37.1 Å². The lowest BCUT2D eigenvalue weighted by Gasteiger charge is -2.41. The number of hydrogen-bond donors (Lipinski definition) is 3. The number of benzene rings is 1. The molecule has 1 aromatic rings. The third-order valence-corrected chi connectivity index (χ3v) is 5.73. The van der Waals surface area contributed by atoms with Gasteiger partial charge in [0.05, 0.1) is 5.54 Å². The number of allylic oxidation sites excluding steroid dienone is 2. The Hall–Kier alpha value is -2.07. The van der Waals surface area contributed by atoms with Crippen molar-refractivity contribution < 1.29 is 0 Å². The summed E-state index contributed by atoms with van der Waals surface area (Å²) in [6, 6.07) is 9.05. The number of nitrogens with zero attached hydrogens (tertiary/aromatic N) is 1. The fourth-order valence-electron chi connectivity index (χ4n) is 3.85. The second-order valence-corrected chi connectivity index (χ2v) is 8.28. The number of aliphatic imine (C=N–C) groups is 1. The van der Waals surface area contributed by atoms with E-state index >= 15 is 0 Å². The number of rotatable bonds is 10. The van der Waals surface area contributed by atoms with Gasteiger partial charge < -0.3 is 16.0 Å². The van der Waals surface area contributed by atoms with Gasteiger partial charge in [0, 0.05) is 18.3 Å². The molecule has 2 atom stereocenters. The van der Waals surface area contributed by atoms with E-state index in [4.69, 9.17) is 4.99 Å². The fraction of sp³-hybridized carbons (Fsp3) is 0.560. The van der Waals surface area contributed by atoms with E-state index in [0.29, 0.717) is 12.0 Å². The predicted octanol–water partition coefficient (Wildman–Crippen LogP) is 5.08. The topological polar surface area (TPSA) is 48.5 Å². The summed E-state index contributed by atoms with van der Waals surface area (Å²) in [5, 5.41) is 11.2. The molecule has 0 amide bonds. The van der Waals surface area contributed by atoms with Crippen molar-refractivity contribution in [1.82, 2.24) is 10.6 Å². The average molecular weight is 397 g/mol. The SMILES string of the molecule is C=CCC(/C=C\C)CN=C(NC(C)CC)C1(Nc2cccc(C)c2)CCNCC1. The first-order valence-corrected chi connectivity index (χ1v) is 11.1. The van der Waals surface area contributed by atoms with Gasteiger partial charge in [0.2, 0.25) is 0 Å². The second-order valence-electron chi connectivity index (χ2n) is 8.28. The van der Waals surface area contributed by atoms with Crippen LogP contribution in [0.4, 0.5) is 5.69 Å². The molecular weight excluding hydrogens is 356 g/mol. The highest BCUT2D eigenvalue weighted by Gasteiger charge is 2.38. The molecule has 0 saturated carbocycles. The minimum absolute atomic E-state index is 0.170. The molecule has 4 heteroatoms. The van der Waals surface area contributed by atoms with Crippen molar-refractivity contribution >= 4 is 11.5 Å². The molecule has 1 heterocycles. The largest absolute Gasteiger partial charge is 0.373 e. The Balaban J connectivity index is 2.37. The van der Waals surface area contributed by atoms with E-state index in [9.17, 15) is 0 Å². The van der Waals surface area contributed by atoms with Gasteiger partial charge in [-0.15, -0.1) is 6.58 Å². The maximum atomic E-state index is 5.18. The molecule has 0 spiro atoms. The molecule has 2 rings (SSSR count). The Morgan fingerprint density at radius 3 is 2.72 bits per heavy atom. The first-order valence-electron chi connectivity index (χ1n) is 11.1. The van der Waals surface area contributed by atoms with Crippen molar-refractivity contribution in [3.05, 3.63) is 54.6 Å². The van der Waals surface area contributed by atoms with Crippen LogP contribution in [0, 0.1) is 12.8 Å². The van der Waals surface area contributed by atoms with Gasteiger partial charge >= 0.3 is 0 Å². The molecule has 1 fully saturated rings. The molecule has 4 nitrogen and oxygen atoms in total. The molecular formula is C25H40N4. The molecule has 0 radical (unpaired) electrons. The minimum atomic E-state index is -0.170. The van der Waals surface area contributed by atoms with E-state index in [2.05, 4.69) is 86.6 Å². The Morgan fingerprint density at radius 1 is 1.34 bits per heavy atom. The maximum Gasteiger partial charge on any atom is 0.123 e. The van der Waals surface area contributed by atoms with E-state index in [-0.39, 0.29) is 5.54 Å². The molecule has 0 aliphatic carbocycles. The van der Waals surface area contributed by atoms with Crippen LogP contribution in [-0.2, 0) is 0 Å². The Labute approximate surface area is 178 Å². The molecule has 2 unspecified atom stereocenters. The van der Waals surface area contributed by atoms with Gasteiger partial charge in [-0.2, -0.15) is 0 Å². The Kier molecular flexibility index (Phi) is 9.46. The third kappa shape index (κ3) is 7.04. The van der Waals surface area contributed by atoms with Crippen LogP contribution in [0.1, 0.15) is 52.0 Å². The van der Waals surface area contributed by atoms with Gasteiger partial charge in [0.15, 0.2) is 0 Å². The zero-order valence-corrected chi connectivity index (χ0v) is 18.8. The van der Waals surface area contributed by atoms with Crippen LogP contribution >= 0.6 is 0 Å². The predicted molar refractivity (Wildman–Crippen MR) is 128 cm³/mol. The molecule has 160 valence electrons. The Morgan fingerprint density at radius 2 is 2.10 bits per heavy atom. The summed E-state index contributed by atoms with van der Waals surface area (Å²) in [6.07, 6.45) is 10.4. The molecule has 29 heavy (non-hydrogen) atoms. The lowest BCUT2D eigenvalue weighted by atomic mass is 9.85. The Bertz CT molecular complexity index is 686. The fourth-order valence-corrected chi connectivity index (χ4v) is 3.85. The van der Waals surface area contributed by atoms with Crippen LogP contribution in [0.25, 0.3) is 0 Å². The van der Waals surface area contributed by atoms with Crippen molar-refractivity contribution in [2.45, 2.75) is 65.0 Å². The number of hydrogen-bond acceptors (Lipinski definition) is 3. The van der Waals surface area contributed by atoms with Gasteiger partial charge in [-0.1, -0.05) is 37.3 Å². The number of aryl methyl sites for hydroxylation is 1. The van der Waals surface area contributed by atoms with E-state index in [1.165, 1.54) is 11.3 Å². The number of amidine groups is 1. The van der Waals surface area contributed by atoms with Gasteiger partial charge in [-0.3, -0.25) is 4.99 Å². The van der Waals surface area contributed by atoms with Crippen molar-refractivity contribution in [2.24, 2.45) is 10.9 Å². The van der Waals surface area contributed by atoms with Crippen molar-refractivity contribution in [2.75, 3.05) is 25.0 Å². The van der Waals surface area contributed by atoms with Gasteiger partial charge in [0.1, 0.15) is 5.84 Å². The molecule has 1 saturated heterocycles. The summed E-state index contributed by atoms with van der Waals surface area (Å²) in [5.74, 6) is 1.50. The summed E-state index contributed by atoms with van der Waals surface area (Å²) < 4.78 is 0. The summed E-state index contributed by atoms with van der Waals surface area (Å²) in [7, 11) is 0. The molecule has 1 aliphatic heterocycles. The standard InChI is InChI=1S/C25H40N4/c1-6-10-22(11-7-2)19-27-24(28-21(5)8-3)25(14-16-26-17-15-25)29-23-13-9-12-20(4)18-23/h6-7,9,11-13,18,21-22,26,29H,1,8,10,14-17,19H2,2-5H3,(H,27,28)/b11-7-. The number of nitrogens with one attached hydrogen (secondary N) is 3. The highest BCUT2D eigenvalue weighted by atomic mass is 15.1. The summed E-state index contributed by atoms with van der Waals surface area (Å²) in [6.45, 7) is 15.4. The zero-order chi connectivity index (χ0) is 21.1. The van der Waals surface area contributed by atoms with Crippen molar-refractivity contribution in [3.63, 3.8) is 0 Å². The van der Waals surface area contributed by atoms with E-state index < -0.39 is 0 Å². The summed E-state index contributed by atoms with van der Waals surface area (Å²) in [4.78, 5) is 5.18. The summed E-state index contributed by atoms with van der Waals surface area (Å²) >= 11 is 0. The molecule has 0 aromatic heterocycles. The van der Waals surface area contributed by atoms with Gasteiger partial charge in [0.25, 0.3) is 0 Å². The monoisotopic (exact) mass is 396 g/mol. The minimum Gasteiger partial charge on any atom is -0.373 e. The van der Waals surface area contributed by atoms with E-state index in [1.54, 1.807) is 0 Å². The van der Waals surface area contributed by atoms with Crippen molar-refractivity contribution in [3.8, 4) is 0 Å². The third-order valence-electron chi connectivity index (χ3n) is 5.73. The average Bonchev–Trinajstić information content (AvgIpc) is 2.71. The highest BCUT2D eigenvalue weighted by molar-refractivity contribution is 5.94. The van der Waals surface area contributed by atoms with Crippen LogP contribution in [0.2, 0.25) is 0 Å². The molecule has 1 aromatic carbocycles. The van der Waals surface area contributed by atoms with Gasteiger partial charge in [-0.25, -0.2) is 0 Å². The van der Waals surface area contributed by atoms with E-state index in [0.717, 1.165) is 51.2 Å². The normalized spacial score (nSPS) is 19.0. The zero-order valence-electron chi connectivity index (χ0n) is 18.8. The maximum absolute atomic E-state index is 5.18. The molecule has 1 aliphatic rings. The first kappa shape index (κ1) is 23.2. The quantitative estimate of drug-likeness (QED) is 0.293. The number of anilines is 1. The van der Waals surface area contributed by atoms with Crippen LogP contribution in [0.5, 0.6) is 0 Å². The van der Waals surface area contributed by atoms with Crippen molar-refractivity contribution in [1.29, 1.82) is 0 Å². The van der Waals surface area contributed by atoms with Crippen LogP contribution in [0.3, 0.4) is 0 Å². The smallest absolute Gasteiger partial charge is 0.123 e. The second kappa shape index (κ2) is 11.8. The van der Waals surface area contributed by atoms with Crippen LogP contribution in [0.15, 0.2) is 54.1 Å². The molecule has 0 bridgehead atoms.